The minimum absolute atomic E-state index is 0.109. The number of halogens is 2. The molecule has 1 aliphatic heterocycles. The van der Waals surface area contributed by atoms with Crippen LogP contribution in [0.3, 0.4) is 0 Å². The van der Waals surface area contributed by atoms with Gasteiger partial charge in [0.1, 0.15) is 27.9 Å². The van der Waals surface area contributed by atoms with Crippen molar-refractivity contribution in [2.75, 3.05) is 18.6 Å². The van der Waals surface area contributed by atoms with Gasteiger partial charge in [-0.05, 0) is 18.6 Å². The predicted molar refractivity (Wildman–Crippen MR) is 104 cm³/mol. The topological polar surface area (TPSA) is 84.0 Å². The molecule has 0 saturated carbocycles. The number of rotatable bonds is 4. The third-order valence-corrected chi connectivity index (χ3v) is 5.89. The smallest absolute Gasteiger partial charge is 0.285 e. The zero-order chi connectivity index (χ0) is 19.7. The Labute approximate surface area is 168 Å². The van der Waals surface area contributed by atoms with E-state index in [2.05, 4.69) is 20.2 Å². The molecule has 0 bridgehead atoms. The van der Waals surface area contributed by atoms with E-state index in [1.165, 1.54) is 43.5 Å². The molecule has 2 aromatic heterocycles. The van der Waals surface area contributed by atoms with Crippen LogP contribution in [0.1, 0.15) is 11.3 Å². The van der Waals surface area contributed by atoms with Crippen molar-refractivity contribution >= 4 is 29.1 Å². The average molecular weight is 420 g/mol. The molecule has 4 rings (SSSR count). The molecule has 0 amide bonds. The minimum Gasteiger partial charge on any atom is -0.495 e. The first-order valence-corrected chi connectivity index (χ1v) is 9.58. The van der Waals surface area contributed by atoms with Crippen LogP contribution in [-0.4, -0.2) is 33.8 Å². The quantitative estimate of drug-likeness (QED) is 0.650. The monoisotopic (exact) mass is 419 g/mol. The van der Waals surface area contributed by atoms with E-state index in [1.807, 2.05) is 4.90 Å². The SMILES string of the molecule is COc1cc(F)ccc1Sc1ncnc2c1CCN(c1cn[nH]c(=O)c1Cl)C2. The standard InChI is InChI=1S/C18H15ClFN5O2S/c1-27-14-6-10(20)2-3-15(14)28-18-11-4-5-25(8-12(11)21-9-22-18)13-7-23-24-17(26)16(13)19/h2-3,6-7,9H,4-5,8H2,1H3,(H,24,26). The van der Waals surface area contributed by atoms with Crippen LogP contribution in [0.25, 0.3) is 0 Å². The summed E-state index contributed by atoms with van der Waals surface area (Å²) in [7, 11) is 1.51. The van der Waals surface area contributed by atoms with E-state index in [1.54, 1.807) is 6.07 Å². The molecule has 10 heteroatoms. The first-order chi connectivity index (χ1) is 13.6. The molecule has 0 spiro atoms. The highest BCUT2D eigenvalue weighted by atomic mass is 35.5. The Morgan fingerprint density at radius 1 is 1.36 bits per heavy atom. The maximum Gasteiger partial charge on any atom is 0.285 e. The Hall–Kier alpha value is -2.65. The lowest BCUT2D eigenvalue weighted by Crippen LogP contribution is -2.33. The van der Waals surface area contributed by atoms with Crippen molar-refractivity contribution in [1.82, 2.24) is 20.2 Å². The van der Waals surface area contributed by atoms with Gasteiger partial charge in [-0.2, -0.15) is 5.10 Å². The van der Waals surface area contributed by atoms with Gasteiger partial charge in [-0.1, -0.05) is 23.4 Å². The number of nitrogens with one attached hydrogen (secondary N) is 1. The Bertz CT molecular complexity index is 1090. The number of benzene rings is 1. The number of methoxy groups -OCH3 is 1. The highest BCUT2D eigenvalue weighted by Gasteiger charge is 2.24. The van der Waals surface area contributed by atoms with Crippen molar-refractivity contribution in [2.45, 2.75) is 22.9 Å². The fraction of sp³-hybridized carbons (Fsp3) is 0.222. The summed E-state index contributed by atoms with van der Waals surface area (Å²) in [6.45, 7) is 1.12. The summed E-state index contributed by atoms with van der Waals surface area (Å²) < 4.78 is 18.7. The first-order valence-electron chi connectivity index (χ1n) is 8.39. The van der Waals surface area contributed by atoms with Crippen molar-refractivity contribution in [2.24, 2.45) is 0 Å². The zero-order valence-electron chi connectivity index (χ0n) is 14.8. The van der Waals surface area contributed by atoms with Crippen molar-refractivity contribution in [3.63, 3.8) is 0 Å². The molecule has 0 unspecified atom stereocenters. The highest BCUT2D eigenvalue weighted by Crippen LogP contribution is 2.38. The van der Waals surface area contributed by atoms with Crippen LogP contribution in [0.2, 0.25) is 5.02 Å². The minimum atomic E-state index is -0.424. The summed E-state index contributed by atoms with van der Waals surface area (Å²) >= 11 is 7.54. The molecule has 0 aliphatic carbocycles. The summed E-state index contributed by atoms with van der Waals surface area (Å²) in [6.07, 6.45) is 3.71. The van der Waals surface area contributed by atoms with Gasteiger partial charge in [-0.3, -0.25) is 4.79 Å². The number of H-pyrrole nitrogens is 1. The lowest BCUT2D eigenvalue weighted by molar-refractivity contribution is 0.401. The fourth-order valence-electron chi connectivity index (χ4n) is 3.04. The summed E-state index contributed by atoms with van der Waals surface area (Å²) in [4.78, 5) is 23.3. The van der Waals surface area contributed by atoms with E-state index in [9.17, 15) is 9.18 Å². The molecule has 3 aromatic rings. The molecular formula is C18H15ClFN5O2S. The first kappa shape index (κ1) is 18.7. The second-order valence-electron chi connectivity index (χ2n) is 6.07. The molecule has 1 N–H and O–H groups in total. The van der Waals surface area contributed by atoms with Crippen molar-refractivity contribution in [3.05, 3.63) is 63.2 Å². The van der Waals surface area contributed by atoms with Gasteiger partial charge in [0, 0.05) is 18.2 Å². The molecular weight excluding hydrogens is 405 g/mol. The van der Waals surface area contributed by atoms with Crippen LogP contribution in [0.15, 0.2) is 45.4 Å². The number of hydrogen-bond donors (Lipinski definition) is 1. The lowest BCUT2D eigenvalue weighted by atomic mass is 10.1. The molecule has 144 valence electrons. The number of ether oxygens (including phenoxy) is 1. The van der Waals surface area contributed by atoms with Gasteiger partial charge >= 0.3 is 0 Å². The Balaban J connectivity index is 1.64. The van der Waals surface area contributed by atoms with Gasteiger partial charge in [0.25, 0.3) is 5.56 Å². The molecule has 0 radical (unpaired) electrons. The molecule has 28 heavy (non-hydrogen) atoms. The van der Waals surface area contributed by atoms with Gasteiger partial charge in [0.2, 0.25) is 0 Å². The largest absolute Gasteiger partial charge is 0.495 e. The van der Waals surface area contributed by atoms with Crippen molar-refractivity contribution in [1.29, 1.82) is 0 Å². The molecule has 1 aromatic carbocycles. The Morgan fingerprint density at radius 3 is 3.04 bits per heavy atom. The summed E-state index contributed by atoms with van der Waals surface area (Å²) in [5.41, 5.74) is 2.02. The van der Waals surface area contributed by atoms with E-state index < -0.39 is 5.56 Å². The molecule has 0 atom stereocenters. The van der Waals surface area contributed by atoms with Crippen LogP contribution in [0, 0.1) is 5.82 Å². The maximum atomic E-state index is 13.5. The Morgan fingerprint density at radius 2 is 2.21 bits per heavy atom. The molecule has 3 heterocycles. The lowest BCUT2D eigenvalue weighted by Gasteiger charge is -2.30. The van der Waals surface area contributed by atoms with Crippen LogP contribution in [-0.2, 0) is 13.0 Å². The normalized spacial score (nSPS) is 13.3. The van der Waals surface area contributed by atoms with E-state index in [-0.39, 0.29) is 10.8 Å². The molecule has 7 nitrogen and oxygen atoms in total. The van der Waals surface area contributed by atoms with Gasteiger partial charge in [0.15, 0.2) is 0 Å². The predicted octanol–water partition coefficient (Wildman–Crippen LogP) is 3.07. The second kappa shape index (κ2) is 7.76. The van der Waals surface area contributed by atoms with E-state index in [0.717, 1.165) is 21.2 Å². The van der Waals surface area contributed by atoms with Crippen LogP contribution in [0.4, 0.5) is 10.1 Å². The van der Waals surface area contributed by atoms with Crippen molar-refractivity contribution < 1.29 is 9.13 Å². The number of aromatic nitrogens is 4. The summed E-state index contributed by atoms with van der Waals surface area (Å²) in [5, 5.41) is 7.05. The van der Waals surface area contributed by atoms with Gasteiger partial charge in [0.05, 0.1) is 36.1 Å². The van der Waals surface area contributed by atoms with E-state index in [4.69, 9.17) is 16.3 Å². The van der Waals surface area contributed by atoms with Gasteiger partial charge in [-0.15, -0.1) is 0 Å². The molecule has 0 fully saturated rings. The average Bonchev–Trinajstić information content (AvgIpc) is 2.71. The van der Waals surface area contributed by atoms with Gasteiger partial charge < -0.3 is 9.64 Å². The van der Waals surface area contributed by atoms with Crippen LogP contribution in [0.5, 0.6) is 5.75 Å². The second-order valence-corrected chi connectivity index (χ2v) is 7.48. The summed E-state index contributed by atoms with van der Waals surface area (Å²) in [5.74, 6) is 0.0982. The highest BCUT2D eigenvalue weighted by molar-refractivity contribution is 7.99. The van der Waals surface area contributed by atoms with Crippen LogP contribution < -0.4 is 15.2 Å². The third kappa shape index (κ3) is 3.55. The van der Waals surface area contributed by atoms with Crippen LogP contribution >= 0.6 is 23.4 Å². The number of anilines is 1. The van der Waals surface area contributed by atoms with Gasteiger partial charge in [-0.25, -0.2) is 19.5 Å². The molecule has 1 aliphatic rings. The number of aromatic amines is 1. The number of fused-ring (bicyclic) bond motifs is 1. The number of nitrogens with zero attached hydrogens (tertiary/aromatic N) is 4. The van der Waals surface area contributed by atoms with E-state index in [0.29, 0.717) is 30.9 Å². The van der Waals surface area contributed by atoms with E-state index >= 15 is 0 Å². The molecule has 0 saturated heterocycles. The summed E-state index contributed by atoms with van der Waals surface area (Å²) in [6, 6.07) is 4.41. The number of hydrogen-bond acceptors (Lipinski definition) is 7. The maximum absolute atomic E-state index is 13.5. The Kier molecular flexibility index (Phi) is 5.19. The fourth-order valence-corrected chi connectivity index (χ4v) is 4.28. The zero-order valence-corrected chi connectivity index (χ0v) is 16.4. The van der Waals surface area contributed by atoms with Crippen molar-refractivity contribution in [3.8, 4) is 5.75 Å². The third-order valence-electron chi connectivity index (χ3n) is 4.42.